The van der Waals surface area contributed by atoms with Gasteiger partial charge in [0.1, 0.15) is 11.6 Å². The van der Waals surface area contributed by atoms with Gasteiger partial charge < -0.3 is 10.5 Å². The lowest BCUT2D eigenvalue weighted by Crippen LogP contribution is -2.39. The summed E-state index contributed by atoms with van der Waals surface area (Å²) in [5, 5.41) is 0. The van der Waals surface area contributed by atoms with Crippen molar-refractivity contribution in [2.45, 2.75) is 45.8 Å². The molecule has 4 heteroatoms. The van der Waals surface area contributed by atoms with Crippen LogP contribution in [0.25, 0.3) is 0 Å². The molecule has 0 aliphatic heterocycles. The molecule has 0 aromatic rings. The van der Waals surface area contributed by atoms with Gasteiger partial charge in [-0.1, -0.05) is 6.92 Å². The smallest absolute Gasteiger partial charge is 0.324 e. The number of carbonyl (C=O) groups is 1. The molecule has 0 heterocycles. The van der Waals surface area contributed by atoms with Gasteiger partial charge in [0, 0.05) is 5.75 Å². The number of hydrogen-bond acceptors (Lipinski definition) is 4. The summed E-state index contributed by atoms with van der Waals surface area (Å²) in [5.41, 5.74) is 5.23. The fraction of sp³-hybridized carbons (Fsp3) is 0.900. The van der Waals surface area contributed by atoms with Gasteiger partial charge in [-0.05, 0) is 32.9 Å². The number of nitrogens with two attached hydrogens (primary N) is 1. The predicted molar refractivity (Wildman–Crippen MR) is 61.4 cm³/mol. The van der Waals surface area contributed by atoms with Gasteiger partial charge in [-0.25, -0.2) is 0 Å². The van der Waals surface area contributed by atoms with Gasteiger partial charge >= 0.3 is 5.97 Å². The van der Waals surface area contributed by atoms with Crippen molar-refractivity contribution in [2.75, 3.05) is 11.5 Å². The zero-order chi connectivity index (χ0) is 11.2. The Morgan fingerprint density at radius 3 is 2.50 bits per heavy atom. The molecule has 0 aliphatic carbocycles. The van der Waals surface area contributed by atoms with Crippen molar-refractivity contribution in [1.82, 2.24) is 0 Å². The molecule has 0 saturated carbocycles. The Balaban J connectivity index is 3.77. The molecule has 0 amide bonds. The highest BCUT2D eigenvalue weighted by atomic mass is 32.2. The summed E-state index contributed by atoms with van der Waals surface area (Å²) in [4.78, 5) is 11.4. The zero-order valence-electron chi connectivity index (χ0n) is 9.50. The maximum atomic E-state index is 11.4. The Bertz CT molecular complexity index is 177. The molecular weight excluding hydrogens is 198 g/mol. The number of rotatable bonds is 5. The van der Waals surface area contributed by atoms with Crippen LogP contribution in [0.4, 0.5) is 0 Å². The molecule has 0 spiro atoms. The topological polar surface area (TPSA) is 52.3 Å². The van der Waals surface area contributed by atoms with Crippen molar-refractivity contribution in [2.24, 2.45) is 5.73 Å². The van der Waals surface area contributed by atoms with Gasteiger partial charge in [0.15, 0.2) is 0 Å². The minimum absolute atomic E-state index is 0.305. The third-order valence-corrected chi connectivity index (χ3v) is 2.65. The van der Waals surface area contributed by atoms with Crippen LogP contribution in [0, 0.1) is 0 Å². The van der Waals surface area contributed by atoms with Crippen LogP contribution in [0.5, 0.6) is 0 Å². The fourth-order valence-electron chi connectivity index (χ4n) is 0.800. The van der Waals surface area contributed by atoms with E-state index in [0.717, 1.165) is 12.2 Å². The first-order valence-corrected chi connectivity index (χ1v) is 6.08. The van der Waals surface area contributed by atoms with Gasteiger partial charge in [0.2, 0.25) is 0 Å². The Labute approximate surface area is 90.8 Å². The molecule has 0 rings (SSSR count). The van der Waals surface area contributed by atoms with Crippen molar-refractivity contribution in [3.8, 4) is 0 Å². The predicted octanol–water partition coefficient (Wildman–Crippen LogP) is 1.80. The normalized spacial score (nSPS) is 13.8. The lowest BCUT2D eigenvalue weighted by atomic mass is 10.2. The van der Waals surface area contributed by atoms with Gasteiger partial charge in [0.05, 0.1) is 0 Å². The highest BCUT2D eigenvalue weighted by molar-refractivity contribution is 7.99. The van der Waals surface area contributed by atoms with E-state index in [1.807, 2.05) is 20.8 Å². The third kappa shape index (κ3) is 7.21. The summed E-state index contributed by atoms with van der Waals surface area (Å²) >= 11 is 1.69. The second kappa shape index (κ2) is 6.30. The van der Waals surface area contributed by atoms with E-state index in [2.05, 4.69) is 6.92 Å². The van der Waals surface area contributed by atoms with Crippen LogP contribution >= 0.6 is 11.8 Å². The molecule has 3 nitrogen and oxygen atoms in total. The van der Waals surface area contributed by atoms with E-state index >= 15 is 0 Å². The molecule has 0 fully saturated rings. The van der Waals surface area contributed by atoms with Crippen LogP contribution in [0.1, 0.15) is 34.1 Å². The monoisotopic (exact) mass is 219 g/mol. The number of thioether (sulfide) groups is 1. The molecular formula is C10H21NO2S. The number of ether oxygens (including phenoxy) is 1. The molecule has 0 aliphatic rings. The second-order valence-electron chi connectivity index (χ2n) is 4.21. The fourth-order valence-corrected chi connectivity index (χ4v) is 1.65. The van der Waals surface area contributed by atoms with Gasteiger partial charge in [-0.3, -0.25) is 4.79 Å². The molecule has 0 saturated heterocycles. The SMILES string of the molecule is CCCSCC(N)C(=O)OC(C)(C)C. The Kier molecular flexibility index (Phi) is 6.20. The van der Waals surface area contributed by atoms with Crippen molar-refractivity contribution < 1.29 is 9.53 Å². The number of carbonyl (C=O) groups excluding carboxylic acids is 1. The van der Waals surface area contributed by atoms with Crippen molar-refractivity contribution in [3.63, 3.8) is 0 Å². The van der Waals surface area contributed by atoms with Crippen LogP contribution in [-0.2, 0) is 9.53 Å². The molecule has 2 N–H and O–H groups in total. The molecule has 14 heavy (non-hydrogen) atoms. The van der Waals surface area contributed by atoms with Crippen LogP contribution in [0.3, 0.4) is 0 Å². The summed E-state index contributed by atoms with van der Waals surface area (Å²) < 4.78 is 5.15. The van der Waals surface area contributed by atoms with Crippen molar-refractivity contribution >= 4 is 17.7 Å². The second-order valence-corrected chi connectivity index (χ2v) is 5.36. The van der Waals surface area contributed by atoms with E-state index in [1.54, 1.807) is 11.8 Å². The summed E-state index contributed by atoms with van der Waals surface area (Å²) in [6.45, 7) is 7.64. The summed E-state index contributed by atoms with van der Waals surface area (Å²) in [6, 6.07) is -0.495. The Morgan fingerprint density at radius 1 is 1.50 bits per heavy atom. The number of esters is 1. The maximum Gasteiger partial charge on any atom is 0.324 e. The Hall–Kier alpha value is -0.220. The van der Waals surface area contributed by atoms with Gasteiger partial charge in [-0.2, -0.15) is 11.8 Å². The molecule has 0 bridgehead atoms. The van der Waals surface area contributed by atoms with E-state index in [1.165, 1.54) is 0 Å². The summed E-state index contributed by atoms with van der Waals surface area (Å²) in [7, 11) is 0. The van der Waals surface area contributed by atoms with E-state index in [9.17, 15) is 4.79 Å². The van der Waals surface area contributed by atoms with Crippen LogP contribution in [0.15, 0.2) is 0 Å². The highest BCUT2D eigenvalue weighted by Gasteiger charge is 2.21. The summed E-state index contributed by atoms with van der Waals surface area (Å²) in [5.74, 6) is 1.38. The lowest BCUT2D eigenvalue weighted by Gasteiger charge is -2.21. The number of hydrogen-bond donors (Lipinski definition) is 1. The standard InChI is InChI=1S/C10H21NO2S/c1-5-6-14-7-8(11)9(12)13-10(2,3)4/h8H,5-7,11H2,1-4H3. The quantitative estimate of drug-likeness (QED) is 0.566. The third-order valence-electron chi connectivity index (χ3n) is 1.36. The molecule has 1 unspecified atom stereocenters. The first-order valence-electron chi connectivity index (χ1n) is 4.93. The van der Waals surface area contributed by atoms with Crippen LogP contribution in [-0.4, -0.2) is 29.1 Å². The average Bonchev–Trinajstić information content (AvgIpc) is 2.01. The van der Waals surface area contributed by atoms with Crippen LogP contribution < -0.4 is 5.73 Å². The van der Waals surface area contributed by atoms with Gasteiger partial charge in [0.25, 0.3) is 0 Å². The van der Waals surface area contributed by atoms with E-state index < -0.39 is 11.6 Å². The zero-order valence-corrected chi connectivity index (χ0v) is 10.3. The molecule has 84 valence electrons. The van der Waals surface area contributed by atoms with Gasteiger partial charge in [-0.15, -0.1) is 0 Å². The maximum absolute atomic E-state index is 11.4. The Morgan fingerprint density at radius 2 is 2.07 bits per heavy atom. The molecule has 0 aromatic heterocycles. The highest BCUT2D eigenvalue weighted by Crippen LogP contribution is 2.10. The molecule has 0 aromatic carbocycles. The average molecular weight is 219 g/mol. The van der Waals surface area contributed by atoms with Crippen LogP contribution in [0.2, 0.25) is 0 Å². The van der Waals surface area contributed by atoms with E-state index in [4.69, 9.17) is 10.5 Å². The van der Waals surface area contributed by atoms with E-state index in [0.29, 0.717) is 5.75 Å². The molecule has 1 atom stereocenters. The minimum Gasteiger partial charge on any atom is -0.459 e. The summed E-state index contributed by atoms with van der Waals surface area (Å²) in [6.07, 6.45) is 1.10. The first-order chi connectivity index (χ1) is 6.37. The van der Waals surface area contributed by atoms with Crippen molar-refractivity contribution in [3.05, 3.63) is 0 Å². The first kappa shape index (κ1) is 13.8. The lowest BCUT2D eigenvalue weighted by molar-refractivity contribution is -0.155. The van der Waals surface area contributed by atoms with E-state index in [-0.39, 0.29) is 5.97 Å². The largest absolute Gasteiger partial charge is 0.459 e. The van der Waals surface area contributed by atoms with Crippen molar-refractivity contribution in [1.29, 1.82) is 0 Å². The molecule has 0 radical (unpaired) electrons. The minimum atomic E-state index is -0.495.